The molecule has 0 unspecified atom stereocenters. The lowest BCUT2D eigenvalue weighted by molar-refractivity contribution is -0.120. The lowest BCUT2D eigenvalue weighted by Gasteiger charge is -2.57. The van der Waals surface area contributed by atoms with Gasteiger partial charge in [-0.15, -0.1) is 0 Å². The van der Waals surface area contributed by atoms with Gasteiger partial charge in [0.05, 0.1) is 11.9 Å². The molecule has 1 atom stereocenters. The second-order valence-corrected chi connectivity index (χ2v) is 12.2. The highest BCUT2D eigenvalue weighted by molar-refractivity contribution is 7.92. The summed E-state index contributed by atoms with van der Waals surface area (Å²) in [6, 6.07) is 8.09. The minimum absolute atomic E-state index is 0.0439. The van der Waals surface area contributed by atoms with Gasteiger partial charge in [0.2, 0.25) is 15.9 Å². The van der Waals surface area contributed by atoms with Gasteiger partial charge in [0.15, 0.2) is 0 Å². The van der Waals surface area contributed by atoms with Crippen LogP contribution in [0.1, 0.15) is 70.8 Å². The highest BCUT2D eigenvalue weighted by Crippen LogP contribution is 2.60. The zero-order valence-electron chi connectivity index (χ0n) is 18.6. The second-order valence-electron chi connectivity index (χ2n) is 10.3. The fourth-order valence-electron chi connectivity index (χ4n) is 6.80. The average molecular weight is 433 g/mol. The monoisotopic (exact) mass is 432 g/mol. The quantitative estimate of drug-likeness (QED) is 0.669. The first-order valence-corrected chi connectivity index (χ1v) is 13.4. The highest BCUT2D eigenvalue weighted by atomic mass is 32.2. The largest absolute Gasteiger partial charge is 0.352 e. The van der Waals surface area contributed by atoms with Gasteiger partial charge in [0, 0.05) is 6.04 Å². The maximum Gasteiger partial charge on any atom is 0.240 e. The molecule has 166 valence electrons. The van der Waals surface area contributed by atoms with E-state index in [9.17, 15) is 13.2 Å². The van der Waals surface area contributed by atoms with Crippen molar-refractivity contribution in [3.05, 3.63) is 29.8 Å². The van der Waals surface area contributed by atoms with Crippen LogP contribution in [0.15, 0.2) is 24.3 Å². The number of anilines is 1. The molecule has 4 fully saturated rings. The predicted octanol–water partition coefficient (Wildman–Crippen LogP) is 4.23. The van der Waals surface area contributed by atoms with Crippen LogP contribution in [0.2, 0.25) is 0 Å². The topological polar surface area (TPSA) is 66.5 Å². The van der Waals surface area contributed by atoms with Crippen LogP contribution in [0.3, 0.4) is 0 Å². The van der Waals surface area contributed by atoms with E-state index in [1.807, 2.05) is 19.1 Å². The lowest BCUT2D eigenvalue weighted by Crippen LogP contribution is -2.48. The molecular weight excluding hydrogens is 396 g/mol. The minimum Gasteiger partial charge on any atom is -0.352 e. The molecule has 0 aromatic heterocycles. The molecule has 4 bridgehead atoms. The van der Waals surface area contributed by atoms with Crippen molar-refractivity contribution >= 4 is 21.6 Å². The number of amides is 1. The summed E-state index contributed by atoms with van der Waals surface area (Å²) in [5.74, 6) is 2.36. The molecular formula is C24H36N2O3S. The maximum atomic E-state index is 12.4. The fraction of sp³-hybridized carbons (Fsp3) is 0.708. The first-order valence-electron chi connectivity index (χ1n) is 11.6. The summed E-state index contributed by atoms with van der Waals surface area (Å²) < 4.78 is 26.1. The fourth-order valence-corrected chi connectivity index (χ4v) is 7.66. The lowest BCUT2D eigenvalue weighted by atomic mass is 9.48. The first-order chi connectivity index (χ1) is 14.2. The zero-order chi connectivity index (χ0) is 21.5. The van der Waals surface area contributed by atoms with Crippen LogP contribution in [0.4, 0.5) is 5.69 Å². The van der Waals surface area contributed by atoms with Crippen molar-refractivity contribution in [2.45, 2.75) is 76.7 Å². The predicted molar refractivity (Wildman–Crippen MR) is 121 cm³/mol. The number of nitrogens with one attached hydrogen (secondary N) is 1. The van der Waals surface area contributed by atoms with Crippen molar-refractivity contribution in [2.75, 3.05) is 17.1 Å². The average Bonchev–Trinajstić information content (AvgIpc) is 2.64. The van der Waals surface area contributed by atoms with Crippen LogP contribution in [0.5, 0.6) is 0 Å². The third kappa shape index (κ3) is 4.39. The number of nitrogens with zero attached hydrogens (tertiary/aromatic N) is 1. The Morgan fingerprint density at radius 2 is 1.63 bits per heavy atom. The molecule has 30 heavy (non-hydrogen) atoms. The summed E-state index contributed by atoms with van der Waals surface area (Å²) in [5.41, 5.74) is 2.22. The molecule has 1 aromatic rings. The summed E-state index contributed by atoms with van der Waals surface area (Å²) in [6.45, 7) is 3.84. The van der Waals surface area contributed by atoms with Gasteiger partial charge < -0.3 is 5.32 Å². The van der Waals surface area contributed by atoms with E-state index < -0.39 is 10.0 Å². The molecule has 1 amide bonds. The molecule has 5 nitrogen and oxygen atoms in total. The molecule has 0 spiro atoms. The van der Waals surface area contributed by atoms with Crippen molar-refractivity contribution in [1.29, 1.82) is 0 Å². The number of benzene rings is 1. The number of hydrogen-bond acceptors (Lipinski definition) is 3. The van der Waals surface area contributed by atoms with Crippen LogP contribution < -0.4 is 9.62 Å². The third-order valence-corrected chi connectivity index (χ3v) is 8.76. The van der Waals surface area contributed by atoms with Gasteiger partial charge in [-0.2, -0.15) is 0 Å². The SMILES string of the molecule is CCC[C@@H](C)NC(=O)CN(c1ccc(C23CC4CC(CC(C4)C2)C3)cc1)S(C)(=O)=O. The standard InChI is InChI=1S/C24H36N2O3S/c1-4-5-17(2)25-23(27)16-26(30(3,28)29)22-8-6-21(7-9-22)24-13-18-10-19(14-24)12-20(11-18)15-24/h6-9,17-20H,4-5,10-16H2,1-3H3,(H,25,27)/t17-,18?,19?,20?,24?/m1/s1. The van der Waals surface area contributed by atoms with Gasteiger partial charge in [-0.25, -0.2) is 8.42 Å². The van der Waals surface area contributed by atoms with Gasteiger partial charge in [0.25, 0.3) is 0 Å². The van der Waals surface area contributed by atoms with E-state index >= 15 is 0 Å². The molecule has 0 aliphatic heterocycles. The Kier molecular flexibility index (Phi) is 5.90. The minimum atomic E-state index is -3.55. The third-order valence-electron chi connectivity index (χ3n) is 7.62. The molecule has 1 aromatic carbocycles. The van der Waals surface area contributed by atoms with E-state index in [2.05, 4.69) is 24.4 Å². The number of hydrogen-bond donors (Lipinski definition) is 1. The van der Waals surface area contributed by atoms with Gasteiger partial charge >= 0.3 is 0 Å². The number of rotatable bonds is 8. The van der Waals surface area contributed by atoms with E-state index in [-0.39, 0.29) is 23.9 Å². The van der Waals surface area contributed by atoms with E-state index in [4.69, 9.17) is 0 Å². The van der Waals surface area contributed by atoms with Crippen LogP contribution in [-0.2, 0) is 20.2 Å². The van der Waals surface area contributed by atoms with Crippen LogP contribution in [-0.4, -0.2) is 33.2 Å². The zero-order valence-corrected chi connectivity index (χ0v) is 19.4. The van der Waals surface area contributed by atoms with Gasteiger partial charge in [-0.1, -0.05) is 25.5 Å². The molecule has 6 heteroatoms. The molecule has 1 N–H and O–H groups in total. The van der Waals surface area contributed by atoms with Crippen LogP contribution in [0, 0.1) is 17.8 Å². The van der Waals surface area contributed by atoms with Crippen molar-refractivity contribution in [3.8, 4) is 0 Å². The normalized spacial score (nSPS) is 30.8. The molecule has 4 saturated carbocycles. The Morgan fingerprint density at radius 1 is 1.10 bits per heavy atom. The molecule has 4 aliphatic carbocycles. The van der Waals surface area contributed by atoms with E-state index in [0.29, 0.717) is 5.69 Å². The highest BCUT2D eigenvalue weighted by Gasteiger charge is 2.51. The summed E-state index contributed by atoms with van der Waals surface area (Å²) in [6.07, 6.45) is 11.1. The molecule has 0 saturated heterocycles. The number of carbonyl (C=O) groups excluding carboxylic acids is 1. The Hall–Kier alpha value is -1.56. The van der Waals surface area contributed by atoms with Crippen molar-refractivity contribution in [2.24, 2.45) is 17.8 Å². The summed E-state index contributed by atoms with van der Waals surface area (Å²) in [4.78, 5) is 12.4. The van der Waals surface area contributed by atoms with Crippen LogP contribution in [0.25, 0.3) is 0 Å². The van der Waals surface area contributed by atoms with Crippen molar-refractivity contribution in [1.82, 2.24) is 5.32 Å². The van der Waals surface area contributed by atoms with Gasteiger partial charge in [0.1, 0.15) is 6.54 Å². The van der Waals surface area contributed by atoms with Crippen LogP contribution >= 0.6 is 0 Å². The smallest absolute Gasteiger partial charge is 0.240 e. The Balaban J connectivity index is 1.51. The summed E-state index contributed by atoms with van der Waals surface area (Å²) >= 11 is 0. The van der Waals surface area contributed by atoms with Crippen molar-refractivity contribution in [3.63, 3.8) is 0 Å². The van der Waals surface area contributed by atoms with E-state index in [0.717, 1.165) is 30.6 Å². The summed E-state index contributed by atoms with van der Waals surface area (Å²) in [5, 5.41) is 2.91. The van der Waals surface area contributed by atoms with E-state index in [1.165, 1.54) is 54.6 Å². The number of carbonyl (C=O) groups is 1. The maximum absolute atomic E-state index is 12.4. The molecule has 0 heterocycles. The van der Waals surface area contributed by atoms with E-state index in [1.54, 1.807) is 0 Å². The Morgan fingerprint density at radius 3 is 2.10 bits per heavy atom. The molecule has 5 rings (SSSR count). The van der Waals surface area contributed by atoms with Crippen molar-refractivity contribution < 1.29 is 13.2 Å². The Labute approximate surface area is 181 Å². The Bertz CT molecular complexity index is 843. The molecule has 4 aliphatic rings. The first kappa shape index (κ1) is 21.7. The summed E-state index contributed by atoms with van der Waals surface area (Å²) in [7, 11) is -3.55. The molecule has 0 radical (unpaired) electrons. The van der Waals surface area contributed by atoms with Gasteiger partial charge in [-0.05, 0) is 92.7 Å². The number of sulfonamides is 1. The second kappa shape index (κ2) is 8.18. The van der Waals surface area contributed by atoms with Gasteiger partial charge in [-0.3, -0.25) is 9.10 Å².